The molecule has 1 aromatic carbocycles. The van der Waals surface area contributed by atoms with Gasteiger partial charge < -0.3 is 9.26 Å². The van der Waals surface area contributed by atoms with Gasteiger partial charge in [0.1, 0.15) is 17.6 Å². The molecule has 4 rings (SSSR count). The summed E-state index contributed by atoms with van der Waals surface area (Å²) in [7, 11) is 3.77. The van der Waals surface area contributed by atoms with Crippen LogP contribution in [0.2, 0.25) is 0 Å². The van der Waals surface area contributed by atoms with E-state index in [1.165, 1.54) is 15.8 Å². The molecule has 0 radical (unpaired) electrons. The molecule has 28 heavy (non-hydrogen) atoms. The minimum absolute atomic E-state index is 0.256. The largest absolute Gasteiger partial charge is 0.441 e. The zero-order valence-electron chi connectivity index (χ0n) is 14.8. The highest BCUT2D eigenvalue weighted by molar-refractivity contribution is 7.09. The Balaban J connectivity index is 1.56. The summed E-state index contributed by atoms with van der Waals surface area (Å²) in [5.41, 5.74) is 1.92. The Hall–Kier alpha value is -2.97. The van der Waals surface area contributed by atoms with Crippen molar-refractivity contribution in [3.05, 3.63) is 42.3 Å². The van der Waals surface area contributed by atoms with Crippen molar-refractivity contribution in [1.29, 1.82) is 0 Å². The normalized spacial score (nSPS) is 16.5. The van der Waals surface area contributed by atoms with Gasteiger partial charge in [-0.2, -0.15) is 4.80 Å². The SMILES string of the molecule is Cn1nnc(-c2ccc(-c3ccc(N4C[C@H](COP)OC4=O)cc3F)cn2)n1. The zero-order valence-corrected chi connectivity index (χ0v) is 16.0. The highest BCUT2D eigenvalue weighted by Gasteiger charge is 2.32. The van der Waals surface area contributed by atoms with E-state index in [9.17, 15) is 9.18 Å². The lowest BCUT2D eigenvalue weighted by molar-refractivity contribution is 0.112. The quantitative estimate of drug-likeness (QED) is 0.604. The van der Waals surface area contributed by atoms with Gasteiger partial charge in [0, 0.05) is 26.8 Å². The summed E-state index contributed by atoms with van der Waals surface area (Å²) in [5.74, 6) is -0.0790. The fraction of sp³-hybridized carbons (Fsp3) is 0.235. The van der Waals surface area contributed by atoms with Crippen LogP contribution in [0, 0.1) is 5.82 Å². The summed E-state index contributed by atoms with van der Waals surface area (Å²) >= 11 is 0. The number of halogens is 1. The van der Waals surface area contributed by atoms with Crippen molar-refractivity contribution in [1.82, 2.24) is 25.2 Å². The number of pyridine rings is 1. The first-order valence-corrected chi connectivity index (χ1v) is 8.82. The Morgan fingerprint density at radius 3 is 2.86 bits per heavy atom. The molecule has 1 saturated heterocycles. The maximum absolute atomic E-state index is 14.7. The highest BCUT2D eigenvalue weighted by Crippen LogP contribution is 2.29. The topological polar surface area (TPSA) is 95.3 Å². The van der Waals surface area contributed by atoms with Crippen molar-refractivity contribution in [2.45, 2.75) is 6.10 Å². The smallest absolute Gasteiger partial charge is 0.414 e. The van der Waals surface area contributed by atoms with Gasteiger partial charge in [0.15, 0.2) is 0 Å². The number of anilines is 1. The Morgan fingerprint density at radius 2 is 2.21 bits per heavy atom. The molecule has 2 atom stereocenters. The monoisotopic (exact) mass is 402 g/mol. The predicted octanol–water partition coefficient (Wildman–Crippen LogP) is 2.21. The molecule has 0 spiro atoms. The van der Waals surface area contributed by atoms with Crippen LogP contribution in [-0.2, 0) is 16.3 Å². The highest BCUT2D eigenvalue weighted by atomic mass is 31.0. The van der Waals surface area contributed by atoms with Crippen molar-refractivity contribution in [2.75, 3.05) is 18.1 Å². The third-order valence-corrected chi connectivity index (χ3v) is 4.42. The molecule has 1 unspecified atom stereocenters. The molecule has 3 aromatic rings. The number of nitrogens with zero attached hydrogens (tertiary/aromatic N) is 6. The molecule has 9 nitrogen and oxygen atoms in total. The Labute approximate surface area is 161 Å². The molecule has 11 heteroatoms. The van der Waals surface area contributed by atoms with E-state index in [4.69, 9.17) is 9.26 Å². The Morgan fingerprint density at radius 1 is 1.36 bits per heavy atom. The van der Waals surface area contributed by atoms with Crippen molar-refractivity contribution in [3.8, 4) is 22.6 Å². The average Bonchev–Trinajstić information content (AvgIpc) is 3.28. The number of carbonyl (C=O) groups excluding carboxylic acids is 1. The van der Waals surface area contributed by atoms with E-state index >= 15 is 0 Å². The van der Waals surface area contributed by atoms with Gasteiger partial charge >= 0.3 is 6.09 Å². The van der Waals surface area contributed by atoms with Gasteiger partial charge in [0.25, 0.3) is 0 Å². The zero-order chi connectivity index (χ0) is 19.7. The van der Waals surface area contributed by atoms with E-state index in [-0.39, 0.29) is 12.7 Å². The third kappa shape index (κ3) is 3.56. The molecule has 0 bridgehead atoms. The van der Waals surface area contributed by atoms with Crippen LogP contribution in [0.15, 0.2) is 36.5 Å². The van der Waals surface area contributed by atoms with Gasteiger partial charge in [0.2, 0.25) is 5.82 Å². The lowest BCUT2D eigenvalue weighted by Crippen LogP contribution is -2.25. The van der Waals surface area contributed by atoms with Crippen LogP contribution in [0.1, 0.15) is 0 Å². The molecule has 0 aliphatic carbocycles. The van der Waals surface area contributed by atoms with Crippen LogP contribution in [0.25, 0.3) is 22.6 Å². The van der Waals surface area contributed by atoms with Crippen LogP contribution in [0.4, 0.5) is 14.9 Å². The molecular weight excluding hydrogens is 386 g/mol. The summed E-state index contributed by atoms with van der Waals surface area (Å²) in [5, 5.41) is 11.7. The second kappa shape index (κ2) is 7.57. The average molecular weight is 402 g/mol. The van der Waals surface area contributed by atoms with Gasteiger partial charge in [-0.1, -0.05) is 6.07 Å². The molecule has 2 aromatic heterocycles. The van der Waals surface area contributed by atoms with Gasteiger partial charge in [0.05, 0.1) is 25.9 Å². The van der Waals surface area contributed by atoms with Crippen molar-refractivity contribution >= 4 is 21.2 Å². The number of aromatic nitrogens is 5. The maximum atomic E-state index is 14.7. The molecular formula is C17H16FN6O3P. The van der Waals surface area contributed by atoms with Gasteiger partial charge in [-0.05, 0) is 29.5 Å². The van der Waals surface area contributed by atoms with E-state index in [0.29, 0.717) is 34.9 Å². The minimum Gasteiger partial charge on any atom is -0.441 e. The summed E-state index contributed by atoms with van der Waals surface area (Å²) < 4.78 is 24.8. The number of aryl methyl sites for hydroxylation is 1. The number of benzene rings is 1. The van der Waals surface area contributed by atoms with E-state index in [1.54, 1.807) is 37.5 Å². The maximum Gasteiger partial charge on any atom is 0.414 e. The van der Waals surface area contributed by atoms with Crippen LogP contribution >= 0.6 is 9.47 Å². The van der Waals surface area contributed by atoms with Gasteiger partial charge in [-0.25, -0.2) is 9.18 Å². The summed E-state index contributed by atoms with van der Waals surface area (Å²) in [6, 6.07) is 8.01. The Kier molecular flexibility index (Phi) is 4.97. The molecule has 0 saturated carbocycles. The van der Waals surface area contributed by atoms with Crippen LogP contribution in [-0.4, -0.2) is 50.5 Å². The van der Waals surface area contributed by atoms with Crippen molar-refractivity contribution in [2.24, 2.45) is 7.05 Å². The first kappa shape index (κ1) is 18.4. The van der Waals surface area contributed by atoms with E-state index in [1.807, 2.05) is 0 Å². The fourth-order valence-electron chi connectivity index (χ4n) is 2.90. The summed E-state index contributed by atoms with van der Waals surface area (Å²) in [6.07, 6.45) is 0.626. The summed E-state index contributed by atoms with van der Waals surface area (Å²) in [4.78, 5) is 19.0. The number of rotatable bonds is 5. The number of hydrogen-bond donors (Lipinski definition) is 0. The predicted molar refractivity (Wildman–Crippen MR) is 101 cm³/mol. The lowest BCUT2D eigenvalue weighted by Gasteiger charge is -2.14. The number of carbonyl (C=O) groups is 1. The molecule has 1 aliphatic rings. The number of hydrogen-bond acceptors (Lipinski definition) is 7. The van der Waals surface area contributed by atoms with Crippen LogP contribution in [0.3, 0.4) is 0 Å². The van der Waals surface area contributed by atoms with E-state index in [0.717, 1.165) is 0 Å². The van der Waals surface area contributed by atoms with Gasteiger partial charge in [-0.3, -0.25) is 9.88 Å². The molecule has 3 heterocycles. The van der Waals surface area contributed by atoms with Crippen LogP contribution in [0.5, 0.6) is 0 Å². The standard InChI is InChI=1S/C17H16FN6O3P/c1-23-21-16(20-22-23)15-5-2-10(7-19-15)13-4-3-11(6-14(13)18)24-8-12(9-26-28)27-17(24)25/h2-7,12H,8-9,28H2,1H3/t12-/m1/s1. The number of tetrazole rings is 1. The molecule has 1 amide bonds. The van der Waals surface area contributed by atoms with Crippen molar-refractivity contribution in [3.63, 3.8) is 0 Å². The van der Waals surface area contributed by atoms with Crippen molar-refractivity contribution < 1.29 is 18.4 Å². The molecule has 144 valence electrons. The van der Waals surface area contributed by atoms with E-state index in [2.05, 4.69) is 29.9 Å². The van der Waals surface area contributed by atoms with E-state index < -0.39 is 11.9 Å². The van der Waals surface area contributed by atoms with Crippen LogP contribution < -0.4 is 4.90 Å². The number of cyclic esters (lactones) is 1. The minimum atomic E-state index is -0.526. The number of ether oxygens (including phenoxy) is 1. The third-order valence-electron chi connectivity index (χ3n) is 4.23. The molecule has 1 fully saturated rings. The molecule has 1 aliphatic heterocycles. The fourth-order valence-corrected chi connectivity index (χ4v) is 3.12. The second-order valence-electron chi connectivity index (χ2n) is 6.15. The first-order chi connectivity index (χ1) is 13.5. The Bertz CT molecular complexity index is 1010. The molecule has 0 N–H and O–H groups in total. The number of amides is 1. The lowest BCUT2D eigenvalue weighted by atomic mass is 10.1. The second-order valence-corrected chi connectivity index (χ2v) is 6.48. The summed E-state index contributed by atoms with van der Waals surface area (Å²) in [6.45, 7) is 0.555. The first-order valence-electron chi connectivity index (χ1n) is 8.35. The van der Waals surface area contributed by atoms with Gasteiger partial charge in [-0.15, -0.1) is 10.2 Å².